The second kappa shape index (κ2) is 5.46. The molecule has 0 aliphatic carbocycles. The van der Waals surface area contributed by atoms with E-state index in [1.165, 1.54) is 19.3 Å². The van der Waals surface area contributed by atoms with Crippen molar-refractivity contribution in [3.05, 3.63) is 17.5 Å². The van der Waals surface area contributed by atoms with Crippen LogP contribution in [-0.2, 0) is 6.54 Å². The third-order valence-electron chi connectivity index (χ3n) is 3.25. The molecular weight excluding hydrogens is 204 g/mol. The molecule has 0 bridgehead atoms. The molecule has 4 nitrogen and oxygen atoms in total. The minimum Gasteiger partial charge on any atom is -0.395 e. The zero-order chi connectivity index (χ0) is 11.4. The lowest BCUT2D eigenvalue weighted by molar-refractivity contribution is 0.116. The van der Waals surface area contributed by atoms with Crippen molar-refractivity contribution in [1.82, 2.24) is 10.1 Å². The van der Waals surface area contributed by atoms with E-state index in [-0.39, 0.29) is 6.61 Å². The maximum atomic E-state index is 9.38. The largest absolute Gasteiger partial charge is 0.395 e. The maximum absolute atomic E-state index is 9.38. The third kappa shape index (κ3) is 2.83. The topological polar surface area (TPSA) is 49.5 Å². The maximum Gasteiger partial charge on any atom is 0.133 e. The zero-order valence-corrected chi connectivity index (χ0v) is 9.85. The Morgan fingerprint density at radius 3 is 3.06 bits per heavy atom. The molecule has 0 saturated carbocycles. The summed E-state index contributed by atoms with van der Waals surface area (Å²) in [4.78, 5) is 2.32. The van der Waals surface area contributed by atoms with Gasteiger partial charge in [-0.15, -0.1) is 0 Å². The number of aryl methyl sites for hydroxylation is 1. The van der Waals surface area contributed by atoms with Crippen LogP contribution in [0, 0.1) is 6.92 Å². The summed E-state index contributed by atoms with van der Waals surface area (Å²) in [5.41, 5.74) is 0.970. The predicted molar refractivity (Wildman–Crippen MR) is 61.0 cm³/mol. The third-order valence-corrected chi connectivity index (χ3v) is 3.25. The van der Waals surface area contributed by atoms with Crippen LogP contribution >= 0.6 is 0 Å². The van der Waals surface area contributed by atoms with E-state index in [9.17, 15) is 5.11 Å². The van der Waals surface area contributed by atoms with Gasteiger partial charge in [0.1, 0.15) is 5.76 Å². The predicted octanol–water partition coefficient (Wildman–Crippen LogP) is 1.72. The van der Waals surface area contributed by atoms with E-state index in [1.807, 2.05) is 13.0 Å². The van der Waals surface area contributed by atoms with Crippen LogP contribution in [0.4, 0.5) is 0 Å². The van der Waals surface area contributed by atoms with Gasteiger partial charge in [0.15, 0.2) is 0 Å². The van der Waals surface area contributed by atoms with Gasteiger partial charge in [0.25, 0.3) is 0 Å². The Labute approximate surface area is 96.2 Å². The van der Waals surface area contributed by atoms with Crippen molar-refractivity contribution in [3.63, 3.8) is 0 Å². The van der Waals surface area contributed by atoms with E-state index in [0.717, 1.165) is 31.0 Å². The van der Waals surface area contributed by atoms with Gasteiger partial charge in [-0.3, -0.25) is 4.90 Å². The highest BCUT2D eigenvalue weighted by Gasteiger charge is 2.21. The monoisotopic (exact) mass is 224 g/mol. The molecule has 1 aliphatic rings. The molecule has 2 heterocycles. The molecule has 1 aliphatic heterocycles. The minimum absolute atomic E-state index is 0.247. The number of aromatic nitrogens is 1. The molecule has 1 aromatic heterocycles. The molecule has 1 unspecified atom stereocenters. The van der Waals surface area contributed by atoms with Crippen LogP contribution in [-0.4, -0.2) is 34.4 Å². The van der Waals surface area contributed by atoms with E-state index < -0.39 is 0 Å². The SMILES string of the molecule is Cc1cc(CN2CCCCCC2CO)no1. The lowest BCUT2D eigenvalue weighted by atomic mass is 10.1. The van der Waals surface area contributed by atoms with E-state index in [1.54, 1.807) is 0 Å². The van der Waals surface area contributed by atoms with Crippen molar-refractivity contribution in [2.45, 2.75) is 45.2 Å². The van der Waals surface area contributed by atoms with Crippen LogP contribution < -0.4 is 0 Å². The lowest BCUT2D eigenvalue weighted by Gasteiger charge is -2.27. The first-order chi connectivity index (χ1) is 7.79. The quantitative estimate of drug-likeness (QED) is 0.849. The van der Waals surface area contributed by atoms with Crippen LogP contribution in [0.25, 0.3) is 0 Å². The van der Waals surface area contributed by atoms with Crippen molar-refractivity contribution in [1.29, 1.82) is 0 Å². The first-order valence-electron chi connectivity index (χ1n) is 6.06. The van der Waals surface area contributed by atoms with Gasteiger partial charge in [-0.2, -0.15) is 0 Å². The molecule has 0 spiro atoms. The average molecular weight is 224 g/mol. The smallest absolute Gasteiger partial charge is 0.133 e. The Morgan fingerprint density at radius 2 is 2.38 bits per heavy atom. The molecule has 1 fully saturated rings. The number of rotatable bonds is 3. The van der Waals surface area contributed by atoms with Crippen molar-refractivity contribution in [2.75, 3.05) is 13.2 Å². The van der Waals surface area contributed by atoms with Crippen molar-refractivity contribution < 1.29 is 9.63 Å². The molecule has 1 saturated heterocycles. The van der Waals surface area contributed by atoms with Crippen LogP contribution in [0.2, 0.25) is 0 Å². The summed E-state index contributed by atoms with van der Waals surface area (Å²) >= 11 is 0. The van der Waals surface area contributed by atoms with Gasteiger partial charge in [0.2, 0.25) is 0 Å². The van der Waals surface area contributed by atoms with Gasteiger partial charge >= 0.3 is 0 Å². The summed E-state index contributed by atoms with van der Waals surface area (Å²) in [6.45, 7) is 4.00. The molecule has 16 heavy (non-hydrogen) atoms. The standard InChI is InChI=1S/C12H20N2O2/c1-10-7-11(13-16-10)8-14-6-4-2-3-5-12(14)9-15/h7,12,15H,2-6,8-9H2,1H3. The fourth-order valence-corrected chi connectivity index (χ4v) is 2.35. The van der Waals surface area contributed by atoms with Gasteiger partial charge in [0, 0.05) is 18.7 Å². The van der Waals surface area contributed by atoms with E-state index in [0.29, 0.717) is 6.04 Å². The Balaban J connectivity index is 1.99. The molecule has 1 N–H and O–H groups in total. The number of hydrogen-bond donors (Lipinski definition) is 1. The van der Waals surface area contributed by atoms with E-state index >= 15 is 0 Å². The number of nitrogens with zero attached hydrogens (tertiary/aromatic N) is 2. The van der Waals surface area contributed by atoms with Gasteiger partial charge in [-0.1, -0.05) is 18.0 Å². The van der Waals surface area contributed by atoms with Crippen LogP contribution in [0.1, 0.15) is 37.1 Å². The summed E-state index contributed by atoms with van der Waals surface area (Å²) in [7, 11) is 0. The number of aliphatic hydroxyl groups is 1. The number of likely N-dealkylation sites (tertiary alicyclic amines) is 1. The van der Waals surface area contributed by atoms with Crippen LogP contribution in [0.3, 0.4) is 0 Å². The normalized spacial score (nSPS) is 23.2. The fourth-order valence-electron chi connectivity index (χ4n) is 2.35. The van der Waals surface area contributed by atoms with Crippen LogP contribution in [0.15, 0.2) is 10.6 Å². The summed E-state index contributed by atoms with van der Waals surface area (Å²) in [5.74, 6) is 0.852. The summed E-state index contributed by atoms with van der Waals surface area (Å²) in [5, 5.41) is 13.4. The van der Waals surface area contributed by atoms with E-state index in [4.69, 9.17) is 4.52 Å². The highest BCUT2D eigenvalue weighted by atomic mass is 16.5. The first kappa shape index (κ1) is 11.6. The molecule has 1 aromatic rings. The van der Waals surface area contributed by atoms with Gasteiger partial charge in [-0.05, 0) is 26.3 Å². The number of aliphatic hydroxyl groups excluding tert-OH is 1. The van der Waals surface area contributed by atoms with Crippen molar-refractivity contribution in [3.8, 4) is 0 Å². The molecule has 0 amide bonds. The minimum atomic E-state index is 0.247. The van der Waals surface area contributed by atoms with Gasteiger partial charge in [0.05, 0.1) is 12.3 Å². The van der Waals surface area contributed by atoms with Gasteiger partial charge < -0.3 is 9.63 Å². The Hall–Kier alpha value is -0.870. The number of hydrogen-bond acceptors (Lipinski definition) is 4. The molecule has 90 valence electrons. The summed E-state index contributed by atoms with van der Waals surface area (Å²) in [6.07, 6.45) is 4.80. The highest BCUT2D eigenvalue weighted by molar-refractivity contribution is 5.03. The molecule has 0 radical (unpaired) electrons. The van der Waals surface area contributed by atoms with E-state index in [2.05, 4.69) is 10.1 Å². The summed E-state index contributed by atoms with van der Waals surface area (Å²) in [6, 6.07) is 2.26. The molecular formula is C12H20N2O2. The van der Waals surface area contributed by atoms with Crippen molar-refractivity contribution >= 4 is 0 Å². The second-order valence-corrected chi connectivity index (χ2v) is 4.59. The molecule has 1 atom stereocenters. The molecule has 0 aromatic carbocycles. The van der Waals surface area contributed by atoms with Gasteiger partial charge in [-0.25, -0.2) is 0 Å². The Morgan fingerprint density at radius 1 is 1.50 bits per heavy atom. The Bertz CT molecular complexity index is 325. The molecule has 4 heteroatoms. The highest BCUT2D eigenvalue weighted by Crippen LogP contribution is 2.18. The average Bonchev–Trinajstić information content (AvgIpc) is 2.56. The zero-order valence-electron chi connectivity index (χ0n) is 9.85. The first-order valence-corrected chi connectivity index (χ1v) is 6.06. The fraction of sp³-hybridized carbons (Fsp3) is 0.750. The van der Waals surface area contributed by atoms with Crippen LogP contribution in [0.5, 0.6) is 0 Å². The summed E-state index contributed by atoms with van der Waals surface area (Å²) < 4.78 is 5.07. The molecule has 2 rings (SSSR count). The Kier molecular flexibility index (Phi) is 3.96. The van der Waals surface area contributed by atoms with Crippen molar-refractivity contribution in [2.24, 2.45) is 0 Å². The lowest BCUT2D eigenvalue weighted by Crippen LogP contribution is -2.36. The second-order valence-electron chi connectivity index (χ2n) is 4.59.